The normalized spacial score (nSPS) is 10.4. The zero-order valence-electron chi connectivity index (χ0n) is 7.98. The average molecular weight is 190 g/mol. The van der Waals surface area contributed by atoms with Crippen LogP contribution in [0.5, 0.6) is 5.75 Å². The lowest BCUT2D eigenvalue weighted by Crippen LogP contribution is -1.82. The van der Waals surface area contributed by atoms with Crippen LogP contribution in [0.3, 0.4) is 0 Å². The van der Waals surface area contributed by atoms with E-state index < -0.39 is 0 Å². The second-order valence-corrected chi connectivity index (χ2v) is 3.14. The molecule has 0 unspecified atom stereocenters. The second-order valence-electron chi connectivity index (χ2n) is 3.14. The SMILES string of the molecule is Cc1nc(-c2ccc(C)c(O)c2)no1. The predicted octanol–water partition coefficient (Wildman–Crippen LogP) is 2.06. The van der Waals surface area contributed by atoms with Crippen molar-refractivity contribution in [3.05, 3.63) is 29.7 Å². The number of phenols is 1. The number of benzene rings is 1. The van der Waals surface area contributed by atoms with E-state index >= 15 is 0 Å². The number of rotatable bonds is 1. The van der Waals surface area contributed by atoms with Crippen LogP contribution in [0.2, 0.25) is 0 Å². The monoisotopic (exact) mass is 190 g/mol. The van der Waals surface area contributed by atoms with E-state index in [-0.39, 0.29) is 5.75 Å². The van der Waals surface area contributed by atoms with Crippen molar-refractivity contribution in [1.82, 2.24) is 10.1 Å². The van der Waals surface area contributed by atoms with E-state index in [1.165, 1.54) is 0 Å². The molecule has 72 valence electrons. The standard InChI is InChI=1S/C10H10N2O2/c1-6-3-4-8(5-9(6)13)10-11-7(2)14-12-10/h3-5,13H,1-2H3. The van der Waals surface area contributed by atoms with Gasteiger partial charge in [0.05, 0.1) is 0 Å². The Bertz CT molecular complexity index is 463. The molecule has 0 saturated carbocycles. The minimum absolute atomic E-state index is 0.241. The smallest absolute Gasteiger partial charge is 0.223 e. The molecule has 4 heteroatoms. The Morgan fingerprint density at radius 1 is 1.29 bits per heavy atom. The number of aryl methyl sites for hydroxylation is 2. The molecular weight excluding hydrogens is 180 g/mol. The van der Waals surface area contributed by atoms with Gasteiger partial charge in [-0.1, -0.05) is 17.3 Å². The molecule has 0 atom stereocenters. The Kier molecular flexibility index (Phi) is 1.96. The summed E-state index contributed by atoms with van der Waals surface area (Å²) in [6.45, 7) is 3.56. The summed E-state index contributed by atoms with van der Waals surface area (Å²) in [6.07, 6.45) is 0. The number of nitrogens with zero attached hydrogens (tertiary/aromatic N) is 2. The summed E-state index contributed by atoms with van der Waals surface area (Å²) in [7, 11) is 0. The van der Waals surface area contributed by atoms with E-state index in [0.717, 1.165) is 11.1 Å². The number of aromatic nitrogens is 2. The molecule has 0 aliphatic carbocycles. The highest BCUT2D eigenvalue weighted by molar-refractivity contribution is 5.58. The molecule has 0 spiro atoms. The van der Waals surface area contributed by atoms with Crippen LogP contribution in [0.25, 0.3) is 11.4 Å². The van der Waals surface area contributed by atoms with Crippen LogP contribution in [-0.2, 0) is 0 Å². The first-order valence-electron chi connectivity index (χ1n) is 4.27. The molecule has 4 nitrogen and oxygen atoms in total. The van der Waals surface area contributed by atoms with Crippen molar-refractivity contribution in [3.8, 4) is 17.1 Å². The Hall–Kier alpha value is -1.84. The summed E-state index contributed by atoms with van der Waals surface area (Å²) in [5, 5.41) is 13.2. The van der Waals surface area contributed by atoms with Gasteiger partial charge in [0.1, 0.15) is 5.75 Å². The number of hydrogen-bond acceptors (Lipinski definition) is 4. The van der Waals surface area contributed by atoms with Crippen molar-refractivity contribution in [2.75, 3.05) is 0 Å². The molecule has 1 N–H and O–H groups in total. The maximum atomic E-state index is 9.48. The van der Waals surface area contributed by atoms with E-state index in [1.807, 2.05) is 19.1 Å². The maximum absolute atomic E-state index is 9.48. The van der Waals surface area contributed by atoms with Gasteiger partial charge in [-0.25, -0.2) is 0 Å². The molecule has 0 saturated heterocycles. The van der Waals surface area contributed by atoms with Gasteiger partial charge in [0.2, 0.25) is 11.7 Å². The van der Waals surface area contributed by atoms with Crippen molar-refractivity contribution >= 4 is 0 Å². The van der Waals surface area contributed by atoms with Gasteiger partial charge in [0.15, 0.2) is 0 Å². The summed E-state index contributed by atoms with van der Waals surface area (Å²) in [6, 6.07) is 5.29. The molecule has 1 aromatic heterocycles. The molecular formula is C10H10N2O2. The highest BCUT2D eigenvalue weighted by atomic mass is 16.5. The molecule has 0 bridgehead atoms. The van der Waals surface area contributed by atoms with Crippen LogP contribution in [-0.4, -0.2) is 15.2 Å². The van der Waals surface area contributed by atoms with Gasteiger partial charge in [-0.3, -0.25) is 0 Å². The molecule has 14 heavy (non-hydrogen) atoms. The van der Waals surface area contributed by atoms with E-state index in [9.17, 15) is 5.11 Å². The molecule has 1 aromatic carbocycles. The summed E-state index contributed by atoms with van der Waals surface area (Å²) < 4.78 is 4.85. The fourth-order valence-electron chi connectivity index (χ4n) is 1.16. The van der Waals surface area contributed by atoms with Crippen LogP contribution in [0.15, 0.2) is 22.7 Å². The second kappa shape index (κ2) is 3.14. The van der Waals surface area contributed by atoms with Crippen molar-refractivity contribution in [3.63, 3.8) is 0 Å². The summed E-state index contributed by atoms with van der Waals surface area (Å²) in [4.78, 5) is 4.06. The maximum Gasteiger partial charge on any atom is 0.223 e. The Balaban J connectivity index is 2.47. The number of hydrogen-bond donors (Lipinski definition) is 1. The quantitative estimate of drug-likeness (QED) is 0.747. The van der Waals surface area contributed by atoms with Crippen molar-refractivity contribution in [2.45, 2.75) is 13.8 Å². The van der Waals surface area contributed by atoms with Gasteiger partial charge in [-0.15, -0.1) is 0 Å². The number of phenolic OH excluding ortho intramolecular Hbond substituents is 1. The molecule has 2 rings (SSSR count). The van der Waals surface area contributed by atoms with Crippen LogP contribution < -0.4 is 0 Å². The Labute approximate surface area is 81.2 Å². The van der Waals surface area contributed by atoms with Crippen LogP contribution in [0, 0.1) is 13.8 Å². The average Bonchev–Trinajstić information content (AvgIpc) is 2.57. The fourth-order valence-corrected chi connectivity index (χ4v) is 1.16. The van der Waals surface area contributed by atoms with Crippen LogP contribution in [0.4, 0.5) is 0 Å². The highest BCUT2D eigenvalue weighted by Gasteiger charge is 2.06. The lowest BCUT2D eigenvalue weighted by molar-refractivity contribution is 0.394. The zero-order chi connectivity index (χ0) is 10.1. The third-order valence-corrected chi connectivity index (χ3v) is 1.99. The zero-order valence-corrected chi connectivity index (χ0v) is 7.98. The van der Waals surface area contributed by atoms with Crippen molar-refractivity contribution < 1.29 is 9.63 Å². The highest BCUT2D eigenvalue weighted by Crippen LogP contribution is 2.23. The molecule has 2 aromatic rings. The van der Waals surface area contributed by atoms with Gasteiger partial charge in [0.25, 0.3) is 0 Å². The van der Waals surface area contributed by atoms with Gasteiger partial charge < -0.3 is 9.63 Å². The minimum atomic E-state index is 0.241. The van der Waals surface area contributed by atoms with E-state index in [2.05, 4.69) is 10.1 Å². The van der Waals surface area contributed by atoms with Crippen molar-refractivity contribution in [2.24, 2.45) is 0 Å². The van der Waals surface area contributed by atoms with E-state index in [1.54, 1.807) is 13.0 Å². The van der Waals surface area contributed by atoms with Gasteiger partial charge in [0, 0.05) is 12.5 Å². The third-order valence-electron chi connectivity index (χ3n) is 1.99. The van der Waals surface area contributed by atoms with Gasteiger partial charge >= 0.3 is 0 Å². The van der Waals surface area contributed by atoms with E-state index in [4.69, 9.17) is 4.52 Å². The van der Waals surface area contributed by atoms with Crippen molar-refractivity contribution in [1.29, 1.82) is 0 Å². The lowest BCUT2D eigenvalue weighted by atomic mass is 10.1. The molecule has 0 aliphatic heterocycles. The minimum Gasteiger partial charge on any atom is -0.508 e. The van der Waals surface area contributed by atoms with Crippen LogP contribution >= 0.6 is 0 Å². The van der Waals surface area contributed by atoms with Gasteiger partial charge in [-0.05, 0) is 18.6 Å². The predicted molar refractivity (Wildman–Crippen MR) is 50.9 cm³/mol. The lowest BCUT2D eigenvalue weighted by Gasteiger charge is -1.99. The topological polar surface area (TPSA) is 59.2 Å². The largest absolute Gasteiger partial charge is 0.508 e. The van der Waals surface area contributed by atoms with Crippen LogP contribution in [0.1, 0.15) is 11.5 Å². The molecule has 0 aliphatic rings. The first kappa shape index (κ1) is 8.74. The molecule has 1 heterocycles. The fraction of sp³-hybridized carbons (Fsp3) is 0.200. The van der Waals surface area contributed by atoms with E-state index in [0.29, 0.717) is 11.7 Å². The van der Waals surface area contributed by atoms with Gasteiger partial charge in [-0.2, -0.15) is 4.98 Å². The summed E-state index contributed by atoms with van der Waals surface area (Å²) in [5.41, 5.74) is 1.58. The Morgan fingerprint density at radius 2 is 2.07 bits per heavy atom. The number of aromatic hydroxyl groups is 1. The third kappa shape index (κ3) is 1.46. The summed E-state index contributed by atoms with van der Waals surface area (Å²) >= 11 is 0. The first-order valence-corrected chi connectivity index (χ1v) is 4.27. The summed E-state index contributed by atoms with van der Waals surface area (Å²) in [5.74, 6) is 1.25. The first-order chi connectivity index (χ1) is 6.66. The Morgan fingerprint density at radius 3 is 2.64 bits per heavy atom. The molecule has 0 amide bonds. The molecule has 0 radical (unpaired) electrons. The molecule has 0 fully saturated rings.